The molecule has 0 saturated carbocycles. The van der Waals surface area contributed by atoms with Crippen LogP contribution in [0.15, 0.2) is 35.2 Å². The van der Waals surface area contributed by atoms with Gasteiger partial charge in [0.15, 0.2) is 0 Å². The van der Waals surface area contributed by atoms with Crippen molar-refractivity contribution in [2.75, 3.05) is 0 Å². The first-order chi connectivity index (χ1) is 5.22. The van der Waals surface area contributed by atoms with Gasteiger partial charge in [0.2, 0.25) is 0 Å². The molecule has 1 nitrogen and oxygen atoms in total. The van der Waals surface area contributed by atoms with Gasteiger partial charge in [-0.2, -0.15) is 0 Å². The fraction of sp³-hybridized carbons (Fsp3) is 0.250. The molecule has 0 aromatic heterocycles. The monoisotopic (exact) mass is 280 g/mol. The van der Waals surface area contributed by atoms with Gasteiger partial charge in [-0.1, -0.05) is 40.8 Å². The van der Waals surface area contributed by atoms with E-state index in [9.17, 15) is 4.21 Å². The summed E-state index contributed by atoms with van der Waals surface area (Å²) in [5.74, 6) is 0. The molecule has 0 fully saturated rings. The number of alkyl halides is 1. The van der Waals surface area contributed by atoms with E-state index in [-0.39, 0.29) is 3.26 Å². The van der Waals surface area contributed by atoms with Gasteiger partial charge in [0.1, 0.15) is 0 Å². The number of benzene rings is 1. The minimum atomic E-state index is -0.848. The van der Waals surface area contributed by atoms with Gasteiger partial charge in [0.05, 0.1) is 14.1 Å². The van der Waals surface area contributed by atoms with Gasteiger partial charge >= 0.3 is 0 Å². The van der Waals surface area contributed by atoms with E-state index in [0.717, 1.165) is 4.90 Å². The quantitative estimate of drug-likeness (QED) is 0.601. The predicted octanol–water partition coefficient (Wildman–Crippen LogP) is 2.58. The first-order valence-corrected chi connectivity index (χ1v) is 5.77. The van der Waals surface area contributed by atoms with Crippen LogP contribution < -0.4 is 0 Å². The van der Waals surface area contributed by atoms with Crippen LogP contribution in [0.25, 0.3) is 0 Å². The summed E-state index contributed by atoms with van der Waals surface area (Å²) in [6, 6.07) is 9.54. The van der Waals surface area contributed by atoms with Crippen molar-refractivity contribution in [1.29, 1.82) is 0 Å². The lowest BCUT2D eigenvalue weighted by atomic mass is 10.4. The molecule has 2 atom stereocenters. The minimum Gasteiger partial charge on any atom is -0.253 e. The molecule has 3 heteroatoms. The summed E-state index contributed by atoms with van der Waals surface area (Å²) >= 11 is 2.17. The standard InChI is InChI=1S/C8H9IOS/c1-7(9)11(10)8-5-3-2-4-6-8/h2-7H,1H3. The van der Waals surface area contributed by atoms with Crippen molar-refractivity contribution in [3.05, 3.63) is 30.3 Å². The van der Waals surface area contributed by atoms with E-state index in [1.165, 1.54) is 0 Å². The summed E-state index contributed by atoms with van der Waals surface area (Å²) < 4.78 is 11.6. The van der Waals surface area contributed by atoms with Gasteiger partial charge in [-0.3, -0.25) is 4.21 Å². The Hall–Kier alpha value is 0.100. The predicted molar refractivity (Wildman–Crippen MR) is 56.3 cm³/mol. The highest BCUT2D eigenvalue weighted by Gasteiger charge is 2.07. The molecule has 60 valence electrons. The van der Waals surface area contributed by atoms with Crippen LogP contribution in [0, 0.1) is 0 Å². The second-order valence-corrected chi connectivity index (χ2v) is 6.64. The molecule has 0 aliphatic rings. The number of hydrogen-bond donors (Lipinski definition) is 0. The van der Waals surface area contributed by atoms with E-state index < -0.39 is 10.8 Å². The van der Waals surface area contributed by atoms with Crippen LogP contribution in [0.3, 0.4) is 0 Å². The first kappa shape index (κ1) is 9.19. The SMILES string of the molecule is CC(I)S(=O)c1ccccc1. The molecule has 0 saturated heterocycles. The van der Waals surface area contributed by atoms with E-state index >= 15 is 0 Å². The van der Waals surface area contributed by atoms with Crippen molar-refractivity contribution in [1.82, 2.24) is 0 Å². The Kier molecular flexibility index (Phi) is 3.51. The third-order valence-corrected chi connectivity index (χ3v) is 3.98. The second kappa shape index (κ2) is 4.21. The first-order valence-electron chi connectivity index (χ1n) is 3.31. The largest absolute Gasteiger partial charge is 0.253 e. The van der Waals surface area contributed by atoms with Crippen molar-refractivity contribution in [3.8, 4) is 0 Å². The Morgan fingerprint density at radius 2 is 1.91 bits per heavy atom. The lowest BCUT2D eigenvalue weighted by Gasteiger charge is -2.02. The third kappa shape index (κ3) is 2.56. The highest BCUT2D eigenvalue weighted by molar-refractivity contribution is 14.1. The summed E-state index contributed by atoms with van der Waals surface area (Å²) in [4.78, 5) is 0.911. The van der Waals surface area contributed by atoms with Crippen LogP contribution >= 0.6 is 22.6 Å². The smallest absolute Gasteiger partial charge is 0.0881 e. The number of rotatable bonds is 2. The van der Waals surface area contributed by atoms with Crippen LogP contribution in [0.2, 0.25) is 0 Å². The molecule has 11 heavy (non-hydrogen) atoms. The zero-order valence-electron chi connectivity index (χ0n) is 6.16. The van der Waals surface area contributed by atoms with Crippen LogP contribution in [-0.4, -0.2) is 7.47 Å². The molecule has 0 spiro atoms. The van der Waals surface area contributed by atoms with Gasteiger partial charge in [-0.15, -0.1) is 0 Å². The molecule has 1 aromatic rings. The van der Waals surface area contributed by atoms with Gasteiger partial charge in [0.25, 0.3) is 0 Å². The zero-order valence-corrected chi connectivity index (χ0v) is 9.13. The van der Waals surface area contributed by atoms with Crippen LogP contribution in [-0.2, 0) is 10.8 Å². The average molecular weight is 280 g/mol. The maximum atomic E-state index is 11.4. The Bertz CT molecular complexity index is 246. The molecule has 1 aromatic carbocycles. The van der Waals surface area contributed by atoms with Crippen molar-refractivity contribution < 1.29 is 4.21 Å². The van der Waals surface area contributed by atoms with Crippen molar-refractivity contribution in [3.63, 3.8) is 0 Å². The molecule has 1 rings (SSSR count). The molecular formula is C8H9IOS. The summed E-state index contributed by atoms with van der Waals surface area (Å²) in [5, 5.41) is 0. The number of halogens is 1. The maximum Gasteiger partial charge on any atom is 0.0881 e. The average Bonchev–Trinajstić information content (AvgIpc) is 2.05. The Morgan fingerprint density at radius 3 is 2.36 bits per heavy atom. The summed E-state index contributed by atoms with van der Waals surface area (Å²) in [7, 11) is -0.848. The summed E-state index contributed by atoms with van der Waals surface area (Å²) in [6.07, 6.45) is 0. The van der Waals surface area contributed by atoms with Gasteiger partial charge in [-0.25, -0.2) is 0 Å². The Morgan fingerprint density at radius 1 is 1.36 bits per heavy atom. The second-order valence-electron chi connectivity index (χ2n) is 2.15. The number of hydrogen-bond acceptors (Lipinski definition) is 1. The van der Waals surface area contributed by atoms with E-state index in [4.69, 9.17) is 0 Å². The molecule has 0 aliphatic heterocycles. The maximum absolute atomic E-state index is 11.4. The Balaban J connectivity index is 2.86. The lowest BCUT2D eigenvalue weighted by Crippen LogP contribution is -2.01. The van der Waals surface area contributed by atoms with Crippen LogP contribution in [0.4, 0.5) is 0 Å². The molecule has 0 amide bonds. The van der Waals surface area contributed by atoms with E-state index in [2.05, 4.69) is 22.6 Å². The normalized spacial score (nSPS) is 15.8. The van der Waals surface area contributed by atoms with E-state index in [1.54, 1.807) is 0 Å². The van der Waals surface area contributed by atoms with Gasteiger partial charge in [0, 0.05) is 4.90 Å². The fourth-order valence-electron chi connectivity index (χ4n) is 0.742. The van der Waals surface area contributed by atoms with Crippen LogP contribution in [0.1, 0.15) is 6.92 Å². The summed E-state index contributed by atoms with van der Waals surface area (Å²) in [6.45, 7) is 1.95. The van der Waals surface area contributed by atoms with Crippen molar-refractivity contribution in [2.24, 2.45) is 0 Å². The van der Waals surface area contributed by atoms with Crippen molar-refractivity contribution >= 4 is 33.4 Å². The molecule has 0 heterocycles. The topological polar surface area (TPSA) is 17.1 Å². The van der Waals surface area contributed by atoms with Gasteiger partial charge < -0.3 is 0 Å². The highest BCUT2D eigenvalue weighted by atomic mass is 127. The minimum absolute atomic E-state index is 0.176. The van der Waals surface area contributed by atoms with E-state index in [0.29, 0.717) is 0 Å². The third-order valence-electron chi connectivity index (χ3n) is 1.27. The fourth-order valence-corrected chi connectivity index (χ4v) is 2.42. The molecule has 0 N–H and O–H groups in total. The molecular weight excluding hydrogens is 271 g/mol. The zero-order chi connectivity index (χ0) is 8.27. The van der Waals surface area contributed by atoms with Gasteiger partial charge in [-0.05, 0) is 19.1 Å². The molecule has 0 radical (unpaired) electrons. The molecule has 0 bridgehead atoms. The Labute approximate surface area is 82.8 Å². The lowest BCUT2D eigenvalue weighted by molar-refractivity contribution is 0.683. The van der Waals surface area contributed by atoms with Crippen molar-refractivity contribution in [2.45, 2.75) is 15.1 Å². The summed E-state index contributed by atoms with van der Waals surface area (Å²) in [5.41, 5.74) is 0. The molecule has 2 unspecified atom stereocenters. The van der Waals surface area contributed by atoms with E-state index in [1.807, 2.05) is 37.3 Å². The molecule has 0 aliphatic carbocycles. The highest BCUT2D eigenvalue weighted by Crippen LogP contribution is 2.14. The van der Waals surface area contributed by atoms with Crippen LogP contribution in [0.5, 0.6) is 0 Å².